The van der Waals surface area contributed by atoms with Crippen molar-refractivity contribution in [1.82, 2.24) is 10.1 Å². The zero-order valence-electron chi connectivity index (χ0n) is 13.8. The quantitative estimate of drug-likeness (QED) is 0.697. The summed E-state index contributed by atoms with van der Waals surface area (Å²) in [7, 11) is 1.61. The second kappa shape index (κ2) is 6.72. The number of hydrogen-bond donors (Lipinski definition) is 0. The van der Waals surface area contributed by atoms with Gasteiger partial charge >= 0.3 is 0 Å². The summed E-state index contributed by atoms with van der Waals surface area (Å²) in [4.78, 5) is 16.0. The fourth-order valence-electron chi connectivity index (χ4n) is 3.28. The molecule has 0 radical (unpaired) electrons. The Hall–Kier alpha value is -2.60. The highest BCUT2D eigenvalue weighted by molar-refractivity contribution is 7.10. The van der Waals surface area contributed by atoms with Gasteiger partial charge in [-0.15, -0.1) is 11.3 Å². The molecule has 0 unspecified atom stereocenters. The highest BCUT2D eigenvalue weighted by atomic mass is 32.1. The molecule has 128 valence electrons. The van der Waals surface area contributed by atoms with E-state index in [4.69, 9.17) is 9.26 Å². The van der Waals surface area contributed by atoms with Crippen molar-refractivity contribution < 1.29 is 14.1 Å². The summed E-state index contributed by atoms with van der Waals surface area (Å²) in [5.74, 6) is 1.14. The van der Waals surface area contributed by atoms with Crippen LogP contribution in [0, 0.1) is 0 Å². The first-order chi connectivity index (χ1) is 12.3. The number of hydrogen-bond acceptors (Lipinski definition) is 5. The Morgan fingerprint density at radius 1 is 1.32 bits per heavy atom. The zero-order chi connectivity index (χ0) is 17.2. The number of thiophene rings is 1. The molecule has 1 fully saturated rings. The van der Waals surface area contributed by atoms with E-state index in [9.17, 15) is 4.79 Å². The summed E-state index contributed by atoms with van der Waals surface area (Å²) in [5, 5.41) is 6.06. The maximum absolute atomic E-state index is 12.9. The number of para-hydroxylation sites is 1. The Bertz CT molecular complexity index is 872. The van der Waals surface area contributed by atoms with Gasteiger partial charge in [-0.25, -0.2) is 0 Å². The van der Waals surface area contributed by atoms with E-state index in [1.807, 2.05) is 40.6 Å². The van der Waals surface area contributed by atoms with Crippen LogP contribution in [0.1, 0.15) is 34.2 Å². The third-order valence-corrected chi connectivity index (χ3v) is 5.46. The van der Waals surface area contributed by atoms with Crippen LogP contribution in [0.4, 0.5) is 0 Å². The number of rotatable bonds is 4. The Balaban J connectivity index is 1.60. The van der Waals surface area contributed by atoms with E-state index in [1.165, 1.54) is 4.88 Å². The predicted molar refractivity (Wildman–Crippen MR) is 95.8 cm³/mol. The lowest BCUT2D eigenvalue weighted by Crippen LogP contribution is -2.30. The molecule has 1 amide bonds. The van der Waals surface area contributed by atoms with Crippen molar-refractivity contribution in [2.45, 2.75) is 18.9 Å². The molecule has 25 heavy (non-hydrogen) atoms. The highest BCUT2D eigenvalue weighted by Gasteiger charge is 2.32. The molecule has 1 aromatic carbocycles. The summed E-state index contributed by atoms with van der Waals surface area (Å²) in [5.41, 5.74) is 1.12. The summed E-state index contributed by atoms with van der Waals surface area (Å²) < 4.78 is 10.8. The molecule has 3 heterocycles. The summed E-state index contributed by atoms with van der Waals surface area (Å²) in [6, 6.07) is 13.5. The Kier molecular flexibility index (Phi) is 4.28. The third-order valence-electron chi connectivity index (χ3n) is 4.49. The minimum Gasteiger partial charge on any atom is -0.496 e. The van der Waals surface area contributed by atoms with Crippen molar-refractivity contribution in [2.75, 3.05) is 13.7 Å². The SMILES string of the molecule is COc1ccccc1-c1cc(C(=O)N2CCC[C@@H]2c2cccs2)no1. The van der Waals surface area contributed by atoms with Crippen LogP contribution in [0.3, 0.4) is 0 Å². The second-order valence-corrected chi connectivity index (χ2v) is 6.93. The van der Waals surface area contributed by atoms with Crippen LogP contribution in [0.15, 0.2) is 52.4 Å². The lowest BCUT2D eigenvalue weighted by Gasteiger charge is -2.22. The number of nitrogens with zero attached hydrogens (tertiary/aromatic N) is 2. The first-order valence-corrected chi connectivity index (χ1v) is 9.10. The zero-order valence-corrected chi connectivity index (χ0v) is 14.7. The normalized spacial score (nSPS) is 17.0. The van der Waals surface area contributed by atoms with Gasteiger partial charge in [-0.2, -0.15) is 0 Å². The molecule has 0 spiro atoms. The van der Waals surface area contributed by atoms with Gasteiger partial charge in [0.15, 0.2) is 11.5 Å². The molecule has 0 saturated carbocycles. The van der Waals surface area contributed by atoms with Crippen molar-refractivity contribution in [2.24, 2.45) is 0 Å². The van der Waals surface area contributed by atoms with E-state index < -0.39 is 0 Å². The molecule has 4 rings (SSSR count). The summed E-state index contributed by atoms with van der Waals surface area (Å²) in [6.45, 7) is 0.748. The van der Waals surface area contributed by atoms with Crippen molar-refractivity contribution in [3.63, 3.8) is 0 Å². The third kappa shape index (κ3) is 2.93. The van der Waals surface area contributed by atoms with Crippen molar-refractivity contribution in [1.29, 1.82) is 0 Å². The van der Waals surface area contributed by atoms with E-state index in [1.54, 1.807) is 24.5 Å². The molecule has 0 aliphatic carbocycles. The summed E-state index contributed by atoms with van der Waals surface area (Å²) >= 11 is 1.69. The van der Waals surface area contributed by atoms with Gasteiger partial charge in [-0.05, 0) is 36.4 Å². The van der Waals surface area contributed by atoms with E-state index >= 15 is 0 Å². The fourth-order valence-corrected chi connectivity index (χ4v) is 4.16. The molecule has 1 saturated heterocycles. The molecular weight excluding hydrogens is 336 g/mol. The van der Waals surface area contributed by atoms with Crippen LogP contribution in [0.5, 0.6) is 5.75 Å². The highest BCUT2D eigenvalue weighted by Crippen LogP contribution is 2.36. The largest absolute Gasteiger partial charge is 0.496 e. The van der Waals surface area contributed by atoms with E-state index in [2.05, 4.69) is 11.2 Å². The number of amides is 1. The van der Waals surface area contributed by atoms with Gasteiger partial charge in [0.25, 0.3) is 5.91 Å². The van der Waals surface area contributed by atoms with Crippen molar-refractivity contribution >= 4 is 17.2 Å². The Morgan fingerprint density at radius 3 is 3.00 bits per heavy atom. The van der Waals surface area contributed by atoms with Gasteiger partial charge in [-0.1, -0.05) is 23.4 Å². The van der Waals surface area contributed by atoms with Gasteiger partial charge in [0, 0.05) is 17.5 Å². The van der Waals surface area contributed by atoms with Crippen LogP contribution >= 0.6 is 11.3 Å². The smallest absolute Gasteiger partial charge is 0.276 e. The van der Waals surface area contributed by atoms with E-state index in [0.717, 1.165) is 24.9 Å². The van der Waals surface area contributed by atoms with Crippen LogP contribution in [0.2, 0.25) is 0 Å². The molecule has 2 aromatic heterocycles. The topological polar surface area (TPSA) is 55.6 Å². The van der Waals surface area contributed by atoms with Gasteiger partial charge in [0.05, 0.1) is 18.7 Å². The van der Waals surface area contributed by atoms with Crippen LogP contribution in [-0.4, -0.2) is 29.6 Å². The maximum Gasteiger partial charge on any atom is 0.276 e. The number of benzene rings is 1. The van der Waals surface area contributed by atoms with Crippen LogP contribution < -0.4 is 4.74 Å². The number of ether oxygens (including phenoxy) is 1. The minimum absolute atomic E-state index is 0.0826. The molecule has 6 heteroatoms. The first kappa shape index (κ1) is 15.9. The first-order valence-electron chi connectivity index (χ1n) is 8.22. The number of methoxy groups -OCH3 is 1. The minimum atomic E-state index is -0.0826. The standard InChI is InChI=1S/C19H18N2O3S/c1-23-16-8-3-2-6-13(16)17-12-14(20-24-17)19(22)21-10-4-7-15(21)18-9-5-11-25-18/h2-3,5-6,8-9,11-12,15H,4,7,10H2,1H3/t15-/m1/s1. The Labute approximate surface area is 149 Å². The molecule has 3 aromatic rings. The molecule has 5 nitrogen and oxygen atoms in total. The molecule has 1 aliphatic heterocycles. The fraction of sp³-hybridized carbons (Fsp3) is 0.263. The molecular formula is C19H18N2O3S. The van der Waals surface area contributed by atoms with Gasteiger partial charge in [-0.3, -0.25) is 4.79 Å². The average molecular weight is 354 g/mol. The van der Waals surface area contributed by atoms with Crippen LogP contribution in [-0.2, 0) is 0 Å². The van der Waals surface area contributed by atoms with Crippen molar-refractivity contribution in [3.05, 3.63) is 58.4 Å². The lowest BCUT2D eigenvalue weighted by molar-refractivity contribution is 0.0727. The molecule has 1 aliphatic rings. The summed E-state index contributed by atoms with van der Waals surface area (Å²) in [6.07, 6.45) is 2.00. The maximum atomic E-state index is 12.9. The van der Waals surface area contributed by atoms with Crippen molar-refractivity contribution in [3.8, 4) is 17.1 Å². The number of carbonyl (C=O) groups is 1. The lowest BCUT2D eigenvalue weighted by atomic mass is 10.1. The van der Waals surface area contributed by atoms with E-state index in [0.29, 0.717) is 17.2 Å². The molecule has 1 atom stereocenters. The molecule has 0 N–H and O–H groups in total. The predicted octanol–water partition coefficient (Wildman–Crippen LogP) is 4.39. The Morgan fingerprint density at radius 2 is 2.20 bits per heavy atom. The van der Waals surface area contributed by atoms with Gasteiger partial charge in [0.1, 0.15) is 5.75 Å². The number of aromatic nitrogens is 1. The molecule has 0 bridgehead atoms. The number of likely N-dealkylation sites (tertiary alicyclic amines) is 1. The van der Waals surface area contributed by atoms with Gasteiger partial charge in [0.2, 0.25) is 0 Å². The second-order valence-electron chi connectivity index (χ2n) is 5.95. The van der Waals surface area contributed by atoms with E-state index in [-0.39, 0.29) is 11.9 Å². The van der Waals surface area contributed by atoms with Gasteiger partial charge < -0.3 is 14.2 Å². The monoisotopic (exact) mass is 354 g/mol. The number of carbonyl (C=O) groups excluding carboxylic acids is 1. The average Bonchev–Trinajstić information content (AvgIpc) is 3.41. The van der Waals surface area contributed by atoms with Crippen LogP contribution in [0.25, 0.3) is 11.3 Å².